The first-order valence-electron chi connectivity index (χ1n) is 7.83. The largest absolute Gasteiger partial charge is 0.550 e. The minimum absolute atomic E-state index is 0.184. The van der Waals surface area contributed by atoms with Crippen molar-refractivity contribution in [2.45, 2.75) is 6.42 Å². The molecule has 2 N–H and O–H groups in total. The van der Waals surface area contributed by atoms with Crippen LogP contribution >= 0.6 is 0 Å². The van der Waals surface area contributed by atoms with Crippen LogP contribution in [-0.2, 0) is 11.2 Å². The molecule has 4 nitrogen and oxygen atoms in total. The van der Waals surface area contributed by atoms with Crippen LogP contribution in [-0.4, -0.2) is 11.8 Å². The highest BCUT2D eigenvalue weighted by molar-refractivity contribution is 6.12. The summed E-state index contributed by atoms with van der Waals surface area (Å²) in [7, 11) is 0. The molecular weight excluding hydrogens is 314 g/mol. The average Bonchev–Trinajstić information content (AvgIpc) is 2.63. The number of rotatable bonds is 5. The number of carboxylic acid groups (broad SMARTS) is 1. The number of hydrogen-bond donors (Lipinski definition) is 1. The van der Waals surface area contributed by atoms with Gasteiger partial charge in [-0.1, -0.05) is 66.7 Å². The molecule has 0 radical (unpaired) electrons. The van der Waals surface area contributed by atoms with Crippen LogP contribution in [0.25, 0.3) is 11.1 Å². The first kappa shape index (κ1) is 16.5. The predicted molar refractivity (Wildman–Crippen MR) is 94.9 cm³/mol. The molecule has 0 saturated carbocycles. The lowest BCUT2D eigenvalue weighted by atomic mass is 9.96. The van der Waals surface area contributed by atoms with E-state index in [1.807, 2.05) is 42.5 Å². The molecule has 0 aliphatic heterocycles. The summed E-state index contributed by atoms with van der Waals surface area (Å²) in [6.07, 6.45) is -0.320. The molecule has 0 heterocycles. The number of anilines is 1. The van der Waals surface area contributed by atoms with Crippen LogP contribution in [0.3, 0.4) is 0 Å². The fraction of sp³-hybridized carbons (Fsp3) is 0.0476. The Kier molecular flexibility index (Phi) is 4.61. The summed E-state index contributed by atoms with van der Waals surface area (Å²) >= 11 is 0. The molecule has 0 aliphatic carbocycles. The molecule has 0 amide bonds. The van der Waals surface area contributed by atoms with Gasteiger partial charge in [-0.3, -0.25) is 4.79 Å². The number of carbonyl (C=O) groups is 2. The van der Waals surface area contributed by atoms with Gasteiger partial charge in [-0.2, -0.15) is 0 Å². The SMILES string of the molecule is Nc1c(CC(=O)[O-])cccc1C(=O)c1ccc(-c2ccccc2)cc1. The maximum atomic E-state index is 12.7. The Hall–Kier alpha value is -3.40. The molecule has 0 unspecified atom stereocenters. The molecule has 0 bridgehead atoms. The number of benzene rings is 3. The van der Waals surface area contributed by atoms with E-state index in [0.717, 1.165) is 11.1 Å². The smallest absolute Gasteiger partial charge is 0.195 e. The van der Waals surface area contributed by atoms with Gasteiger partial charge in [0.1, 0.15) is 0 Å². The molecule has 0 spiro atoms. The lowest BCUT2D eigenvalue weighted by molar-refractivity contribution is -0.304. The molecule has 3 rings (SSSR count). The quantitative estimate of drug-likeness (QED) is 0.575. The molecule has 4 heteroatoms. The molecule has 0 fully saturated rings. The maximum absolute atomic E-state index is 12.7. The van der Waals surface area contributed by atoms with Crippen molar-refractivity contribution in [2.24, 2.45) is 0 Å². The highest BCUT2D eigenvalue weighted by Gasteiger charge is 2.14. The minimum Gasteiger partial charge on any atom is -0.550 e. The highest BCUT2D eigenvalue weighted by Crippen LogP contribution is 2.24. The molecule has 0 aliphatic rings. The van der Waals surface area contributed by atoms with E-state index < -0.39 is 5.97 Å². The van der Waals surface area contributed by atoms with Gasteiger partial charge >= 0.3 is 0 Å². The fourth-order valence-corrected chi connectivity index (χ4v) is 2.72. The number of nitrogens with two attached hydrogens (primary N) is 1. The summed E-state index contributed by atoms with van der Waals surface area (Å²) in [4.78, 5) is 23.5. The van der Waals surface area contributed by atoms with Crippen molar-refractivity contribution in [1.82, 2.24) is 0 Å². The van der Waals surface area contributed by atoms with Crippen LogP contribution in [0.15, 0.2) is 72.8 Å². The standard InChI is InChI=1S/C21H17NO3/c22-20-17(13-19(23)24)7-4-8-18(20)21(25)16-11-9-15(10-12-16)14-5-2-1-3-6-14/h1-12H,13,22H2,(H,23,24)/p-1. The van der Waals surface area contributed by atoms with Crippen LogP contribution in [0, 0.1) is 0 Å². The number of ketones is 1. The fourth-order valence-electron chi connectivity index (χ4n) is 2.72. The molecule has 25 heavy (non-hydrogen) atoms. The van der Waals surface area contributed by atoms with E-state index in [4.69, 9.17) is 5.73 Å². The number of carbonyl (C=O) groups excluding carboxylic acids is 2. The third kappa shape index (κ3) is 3.58. The van der Waals surface area contributed by atoms with E-state index >= 15 is 0 Å². The lowest BCUT2D eigenvalue weighted by Crippen LogP contribution is -2.25. The van der Waals surface area contributed by atoms with Crippen molar-refractivity contribution < 1.29 is 14.7 Å². The first-order chi connectivity index (χ1) is 12.1. The Morgan fingerprint density at radius 3 is 2.08 bits per heavy atom. The number of hydrogen-bond acceptors (Lipinski definition) is 4. The van der Waals surface area contributed by atoms with Gasteiger partial charge in [0, 0.05) is 29.2 Å². The van der Waals surface area contributed by atoms with Gasteiger partial charge in [0.15, 0.2) is 5.78 Å². The summed E-state index contributed by atoms with van der Waals surface area (Å²) in [5.41, 5.74) is 9.42. The lowest BCUT2D eigenvalue weighted by Gasteiger charge is -2.11. The number of para-hydroxylation sites is 1. The first-order valence-corrected chi connectivity index (χ1v) is 7.83. The molecule has 3 aromatic carbocycles. The molecule has 0 atom stereocenters. The predicted octanol–water partition coefficient (Wildman–Crippen LogP) is 2.46. The van der Waals surface area contributed by atoms with Gasteiger partial charge < -0.3 is 15.6 Å². The van der Waals surface area contributed by atoms with Crippen LogP contribution < -0.4 is 10.8 Å². The average molecular weight is 330 g/mol. The molecule has 0 saturated heterocycles. The van der Waals surface area contributed by atoms with E-state index in [1.54, 1.807) is 30.3 Å². The second-order valence-electron chi connectivity index (χ2n) is 5.70. The van der Waals surface area contributed by atoms with E-state index in [-0.39, 0.29) is 17.9 Å². The van der Waals surface area contributed by atoms with Crippen LogP contribution in [0.1, 0.15) is 21.5 Å². The van der Waals surface area contributed by atoms with Gasteiger partial charge in [0.05, 0.1) is 0 Å². The van der Waals surface area contributed by atoms with Gasteiger partial charge in [0.25, 0.3) is 0 Å². The Labute approximate surface area is 145 Å². The van der Waals surface area contributed by atoms with Crippen LogP contribution in [0.4, 0.5) is 5.69 Å². The molecule has 3 aromatic rings. The van der Waals surface area contributed by atoms with Gasteiger partial charge in [0.2, 0.25) is 0 Å². The second kappa shape index (κ2) is 7.01. The highest BCUT2D eigenvalue weighted by atomic mass is 16.4. The number of carboxylic acids is 1. The van der Waals surface area contributed by atoms with Crippen molar-refractivity contribution in [3.05, 3.63) is 89.5 Å². The Bertz CT molecular complexity index is 916. The normalized spacial score (nSPS) is 10.4. The Balaban J connectivity index is 1.90. The number of nitrogen functional groups attached to an aromatic ring is 1. The van der Waals surface area contributed by atoms with E-state index in [9.17, 15) is 14.7 Å². The summed E-state index contributed by atoms with van der Waals surface area (Å²) in [5.74, 6) is -1.47. The maximum Gasteiger partial charge on any atom is 0.195 e. The van der Waals surface area contributed by atoms with Crippen molar-refractivity contribution in [3.8, 4) is 11.1 Å². The summed E-state index contributed by atoms with van der Waals surface area (Å²) in [5, 5.41) is 10.8. The van der Waals surface area contributed by atoms with Crippen LogP contribution in [0.2, 0.25) is 0 Å². The van der Waals surface area contributed by atoms with E-state index in [0.29, 0.717) is 16.7 Å². The van der Waals surface area contributed by atoms with Crippen molar-refractivity contribution in [2.75, 3.05) is 5.73 Å². The zero-order valence-electron chi connectivity index (χ0n) is 13.4. The Morgan fingerprint density at radius 2 is 1.44 bits per heavy atom. The Morgan fingerprint density at radius 1 is 0.800 bits per heavy atom. The third-order valence-electron chi connectivity index (χ3n) is 4.03. The summed E-state index contributed by atoms with van der Waals surface area (Å²) in [6.45, 7) is 0. The third-order valence-corrected chi connectivity index (χ3v) is 4.03. The number of aliphatic carboxylic acids is 1. The van der Waals surface area contributed by atoms with Crippen molar-refractivity contribution >= 4 is 17.4 Å². The molecule has 0 aromatic heterocycles. The zero-order valence-corrected chi connectivity index (χ0v) is 13.4. The van der Waals surface area contributed by atoms with Crippen molar-refractivity contribution in [3.63, 3.8) is 0 Å². The van der Waals surface area contributed by atoms with E-state index in [2.05, 4.69) is 0 Å². The topological polar surface area (TPSA) is 83.2 Å². The second-order valence-corrected chi connectivity index (χ2v) is 5.70. The van der Waals surface area contributed by atoms with Crippen LogP contribution in [0.5, 0.6) is 0 Å². The minimum atomic E-state index is -1.23. The monoisotopic (exact) mass is 330 g/mol. The van der Waals surface area contributed by atoms with E-state index in [1.165, 1.54) is 0 Å². The zero-order chi connectivity index (χ0) is 17.8. The summed E-state index contributed by atoms with van der Waals surface area (Å²) in [6, 6.07) is 21.9. The summed E-state index contributed by atoms with van der Waals surface area (Å²) < 4.78 is 0. The molecular formula is C21H16NO3-. The van der Waals surface area contributed by atoms with Gasteiger partial charge in [-0.25, -0.2) is 0 Å². The van der Waals surface area contributed by atoms with Gasteiger partial charge in [-0.05, 0) is 22.8 Å². The van der Waals surface area contributed by atoms with Gasteiger partial charge in [-0.15, -0.1) is 0 Å². The van der Waals surface area contributed by atoms with Crippen molar-refractivity contribution in [1.29, 1.82) is 0 Å². The molecule has 124 valence electrons.